The summed E-state index contributed by atoms with van der Waals surface area (Å²) in [5.74, 6) is -1.23. The molecule has 0 spiro atoms. The number of alkyl carbamates (subject to hydrolysis) is 1. The molecule has 4 rings (SSSR count). The average molecular weight is 559 g/mol. The first-order chi connectivity index (χ1) is 15.3. The highest BCUT2D eigenvalue weighted by molar-refractivity contribution is 9.13. The maximum absolute atomic E-state index is 12.6. The molecule has 0 radical (unpaired) electrons. The smallest absolute Gasteiger partial charge is 0.408 e. The summed E-state index contributed by atoms with van der Waals surface area (Å²) in [6.45, 7) is 1.60. The SMILES string of the molecule is CC(Cc1ccc(Br)c(Br)c1)(NC(=O)OCC1c2ccccc2-c2ccccc21)C(=O)O. The molecule has 0 aliphatic heterocycles. The fraction of sp³-hybridized carbons (Fsp3) is 0.200. The summed E-state index contributed by atoms with van der Waals surface area (Å²) in [4.78, 5) is 24.7. The molecule has 0 bridgehead atoms. The molecule has 2 N–H and O–H groups in total. The summed E-state index contributed by atoms with van der Waals surface area (Å²) in [6, 6.07) is 21.6. The van der Waals surface area contributed by atoms with Gasteiger partial charge in [0.15, 0.2) is 0 Å². The molecule has 1 aliphatic rings. The van der Waals surface area contributed by atoms with Gasteiger partial charge >= 0.3 is 12.1 Å². The van der Waals surface area contributed by atoms with Crippen molar-refractivity contribution in [2.24, 2.45) is 0 Å². The van der Waals surface area contributed by atoms with Crippen molar-refractivity contribution in [2.45, 2.75) is 24.8 Å². The van der Waals surface area contributed by atoms with E-state index in [9.17, 15) is 14.7 Å². The molecule has 5 nitrogen and oxygen atoms in total. The Morgan fingerprint density at radius 1 is 0.969 bits per heavy atom. The maximum atomic E-state index is 12.6. The summed E-state index contributed by atoms with van der Waals surface area (Å²) in [5, 5.41) is 12.4. The van der Waals surface area contributed by atoms with Gasteiger partial charge in [0.2, 0.25) is 0 Å². The molecule has 164 valence electrons. The number of amides is 1. The van der Waals surface area contributed by atoms with Crippen LogP contribution in [-0.2, 0) is 16.0 Å². The second kappa shape index (κ2) is 9.08. The Labute approximate surface area is 203 Å². The summed E-state index contributed by atoms with van der Waals surface area (Å²) < 4.78 is 7.21. The molecule has 1 amide bonds. The highest BCUT2D eigenvalue weighted by Gasteiger charge is 2.36. The molecule has 1 aliphatic carbocycles. The molecule has 0 fully saturated rings. The number of rotatable bonds is 6. The van der Waals surface area contributed by atoms with Crippen LogP contribution in [0.25, 0.3) is 11.1 Å². The minimum Gasteiger partial charge on any atom is -0.480 e. The largest absolute Gasteiger partial charge is 0.480 e. The van der Waals surface area contributed by atoms with Crippen molar-refractivity contribution in [1.29, 1.82) is 0 Å². The van der Waals surface area contributed by atoms with E-state index in [0.29, 0.717) is 0 Å². The van der Waals surface area contributed by atoms with Crippen molar-refractivity contribution >= 4 is 43.9 Å². The number of nitrogens with one attached hydrogen (secondary N) is 1. The lowest BCUT2D eigenvalue weighted by Crippen LogP contribution is -2.54. The molecule has 1 atom stereocenters. The van der Waals surface area contributed by atoms with Crippen LogP contribution in [0.1, 0.15) is 29.5 Å². The molecular weight excluding hydrogens is 538 g/mol. The van der Waals surface area contributed by atoms with Crippen molar-refractivity contribution in [2.75, 3.05) is 6.61 Å². The first-order valence-corrected chi connectivity index (χ1v) is 11.7. The van der Waals surface area contributed by atoms with Crippen LogP contribution in [0.4, 0.5) is 4.79 Å². The number of ether oxygens (including phenoxy) is 1. The number of benzene rings is 3. The van der Waals surface area contributed by atoms with Gasteiger partial charge in [-0.25, -0.2) is 9.59 Å². The van der Waals surface area contributed by atoms with E-state index in [0.717, 1.165) is 36.8 Å². The Bertz CT molecular complexity index is 1150. The number of carboxylic acids is 1. The van der Waals surface area contributed by atoms with Crippen LogP contribution in [-0.4, -0.2) is 29.3 Å². The molecule has 0 saturated heterocycles. The van der Waals surface area contributed by atoms with E-state index in [-0.39, 0.29) is 18.9 Å². The zero-order valence-electron chi connectivity index (χ0n) is 17.3. The van der Waals surface area contributed by atoms with E-state index in [2.05, 4.69) is 49.3 Å². The van der Waals surface area contributed by atoms with Crippen LogP contribution < -0.4 is 5.32 Å². The van der Waals surface area contributed by atoms with E-state index in [1.54, 1.807) is 0 Å². The highest BCUT2D eigenvalue weighted by Crippen LogP contribution is 2.44. The van der Waals surface area contributed by atoms with Gasteiger partial charge in [-0.05, 0) is 78.7 Å². The van der Waals surface area contributed by atoms with Gasteiger partial charge in [0.1, 0.15) is 12.1 Å². The first-order valence-electron chi connectivity index (χ1n) is 10.1. The molecular formula is C25H21Br2NO4. The van der Waals surface area contributed by atoms with Gasteiger partial charge in [0, 0.05) is 21.3 Å². The van der Waals surface area contributed by atoms with Crippen LogP contribution in [0, 0.1) is 0 Å². The molecule has 1 unspecified atom stereocenters. The number of fused-ring (bicyclic) bond motifs is 3. The van der Waals surface area contributed by atoms with Crippen molar-refractivity contribution in [3.63, 3.8) is 0 Å². The number of hydrogen-bond donors (Lipinski definition) is 2. The standard InChI is InChI=1S/C25H21Br2NO4/c1-25(23(29)30,13-15-10-11-21(26)22(27)12-15)28-24(31)32-14-20-18-8-4-2-6-16(18)17-7-3-5-9-19(17)20/h2-12,20H,13-14H2,1H3,(H,28,31)(H,29,30). The molecule has 3 aromatic carbocycles. The van der Waals surface area contributed by atoms with Crippen molar-refractivity contribution in [3.8, 4) is 11.1 Å². The lowest BCUT2D eigenvalue weighted by Gasteiger charge is -2.26. The van der Waals surface area contributed by atoms with Gasteiger partial charge in [-0.1, -0.05) is 54.6 Å². The molecule has 0 heterocycles. The Morgan fingerprint density at radius 2 is 1.56 bits per heavy atom. The Balaban J connectivity index is 1.48. The average Bonchev–Trinajstić information content (AvgIpc) is 3.08. The quantitative estimate of drug-likeness (QED) is 0.381. The lowest BCUT2D eigenvalue weighted by atomic mass is 9.93. The Hall–Kier alpha value is -2.64. The van der Waals surface area contributed by atoms with Crippen LogP contribution in [0.5, 0.6) is 0 Å². The predicted molar refractivity (Wildman–Crippen MR) is 130 cm³/mol. The number of carboxylic acid groups (broad SMARTS) is 1. The van der Waals surface area contributed by atoms with Crippen molar-refractivity contribution < 1.29 is 19.4 Å². The third-order valence-corrected chi connectivity index (χ3v) is 7.62. The normalized spacial score (nSPS) is 14.2. The third-order valence-electron chi connectivity index (χ3n) is 5.74. The number of aliphatic carboxylic acids is 1. The highest BCUT2D eigenvalue weighted by atomic mass is 79.9. The summed E-state index contributed by atoms with van der Waals surface area (Å²) in [6.07, 6.45) is -0.647. The van der Waals surface area contributed by atoms with Gasteiger partial charge in [0.05, 0.1) is 0 Å². The Morgan fingerprint density at radius 3 is 2.12 bits per heavy atom. The van der Waals surface area contributed by atoms with E-state index in [4.69, 9.17) is 4.74 Å². The van der Waals surface area contributed by atoms with Gasteiger partial charge < -0.3 is 15.2 Å². The molecule has 32 heavy (non-hydrogen) atoms. The van der Waals surface area contributed by atoms with E-state index in [1.807, 2.05) is 54.6 Å². The van der Waals surface area contributed by atoms with Gasteiger partial charge in [-0.2, -0.15) is 0 Å². The zero-order valence-corrected chi connectivity index (χ0v) is 20.4. The summed E-state index contributed by atoms with van der Waals surface area (Å²) in [5.41, 5.74) is 3.71. The third kappa shape index (κ3) is 4.45. The fourth-order valence-electron chi connectivity index (χ4n) is 4.09. The molecule has 7 heteroatoms. The summed E-state index contributed by atoms with van der Waals surface area (Å²) in [7, 11) is 0. The van der Waals surface area contributed by atoms with Crippen molar-refractivity contribution in [3.05, 3.63) is 92.4 Å². The van der Waals surface area contributed by atoms with E-state index in [1.165, 1.54) is 6.92 Å². The topological polar surface area (TPSA) is 75.6 Å². The number of carbonyl (C=O) groups is 2. The second-order valence-electron chi connectivity index (χ2n) is 8.01. The summed E-state index contributed by atoms with van der Waals surface area (Å²) >= 11 is 6.83. The monoisotopic (exact) mass is 557 g/mol. The van der Waals surface area contributed by atoms with Crippen LogP contribution >= 0.6 is 31.9 Å². The molecule has 0 aromatic heterocycles. The number of carbonyl (C=O) groups excluding carboxylic acids is 1. The minimum atomic E-state index is -1.52. The first kappa shape index (κ1) is 22.6. The fourth-order valence-corrected chi connectivity index (χ4v) is 4.76. The van der Waals surface area contributed by atoms with Crippen LogP contribution in [0.15, 0.2) is 75.7 Å². The second-order valence-corrected chi connectivity index (χ2v) is 9.72. The van der Waals surface area contributed by atoms with E-state index >= 15 is 0 Å². The predicted octanol–water partition coefficient (Wildman–Crippen LogP) is 6.14. The zero-order chi connectivity index (χ0) is 22.9. The van der Waals surface area contributed by atoms with Crippen molar-refractivity contribution in [1.82, 2.24) is 5.32 Å². The van der Waals surface area contributed by atoms with Gasteiger partial charge in [0.25, 0.3) is 0 Å². The van der Waals surface area contributed by atoms with E-state index < -0.39 is 17.6 Å². The van der Waals surface area contributed by atoms with Gasteiger partial charge in [-0.15, -0.1) is 0 Å². The van der Waals surface area contributed by atoms with Gasteiger partial charge in [-0.3, -0.25) is 0 Å². The Kier molecular flexibility index (Phi) is 6.40. The number of halogens is 2. The van der Waals surface area contributed by atoms with Crippen LogP contribution in [0.2, 0.25) is 0 Å². The number of hydrogen-bond acceptors (Lipinski definition) is 3. The molecule has 3 aromatic rings. The molecule has 0 saturated carbocycles. The maximum Gasteiger partial charge on any atom is 0.408 e. The van der Waals surface area contributed by atoms with Crippen LogP contribution in [0.3, 0.4) is 0 Å². The minimum absolute atomic E-state index is 0.0911. The lowest BCUT2D eigenvalue weighted by molar-refractivity contribution is -0.143.